The second-order valence-electron chi connectivity index (χ2n) is 2.70. The maximum atomic E-state index is 12.4. The third kappa shape index (κ3) is 2.76. The first-order chi connectivity index (χ1) is 6.75. The van der Waals surface area contributed by atoms with Crippen molar-refractivity contribution in [3.8, 4) is 0 Å². The van der Waals surface area contributed by atoms with E-state index in [1.165, 1.54) is 6.92 Å². The van der Waals surface area contributed by atoms with Crippen LogP contribution in [0.1, 0.15) is 17.6 Å². The van der Waals surface area contributed by atoms with Crippen LogP contribution in [0.5, 0.6) is 0 Å². The minimum atomic E-state index is -4.05. The highest BCUT2D eigenvalue weighted by molar-refractivity contribution is 14.1. The van der Waals surface area contributed by atoms with E-state index in [1.807, 2.05) is 0 Å². The standard InChI is InChI=1S/C7H5ClF2INO2S/c1-3-4(6(9)10)2-12-7(11)5(3)15(8,13)14/h2,6H,1H3. The molecule has 0 spiro atoms. The van der Waals surface area contributed by atoms with Crippen molar-refractivity contribution >= 4 is 42.3 Å². The van der Waals surface area contributed by atoms with Gasteiger partial charge in [0.25, 0.3) is 15.5 Å². The minimum absolute atomic E-state index is 0.0561. The van der Waals surface area contributed by atoms with E-state index in [1.54, 1.807) is 22.6 Å². The Morgan fingerprint density at radius 1 is 1.53 bits per heavy atom. The quantitative estimate of drug-likeness (QED) is 0.459. The zero-order valence-electron chi connectivity index (χ0n) is 7.34. The molecular weight excluding hydrogens is 363 g/mol. The molecule has 15 heavy (non-hydrogen) atoms. The highest BCUT2D eigenvalue weighted by Crippen LogP contribution is 2.30. The molecule has 1 aromatic heterocycles. The SMILES string of the molecule is Cc1c(C(F)F)cnc(I)c1S(=O)(=O)Cl. The highest BCUT2D eigenvalue weighted by atomic mass is 127. The minimum Gasteiger partial charge on any atom is -0.248 e. The summed E-state index contributed by atoms with van der Waals surface area (Å²) in [5.74, 6) is 0. The van der Waals surface area contributed by atoms with Crippen LogP contribution in [0.2, 0.25) is 0 Å². The molecule has 0 radical (unpaired) electrons. The predicted molar refractivity (Wildman–Crippen MR) is 59.7 cm³/mol. The van der Waals surface area contributed by atoms with E-state index in [4.69, 9.17) is 10.7 Å². The van der Waals surface area contributed by atoms with Crippen molar-refractivity contribution in [3.63, 3.8) is 0 Å². The molecule has 0 aromatic carbocycles. The third-order valence-corrected chi connectivity index (χ3v) is 4.39. The maximum Gasteiger partial charge on any atom is 0.265 e. The van der Waals surface area contributed by atoms with Crippen molar-refractivity contribution in [2.45, 2.75) is 18.2 Å². The molecule has 0 saturated carbocycles. The average Bonchev–Trinajstić information content (AvgIpc) is 2.00. The maximum absolute atomic E-state index is 12.4. The molecule has 0 N–H and O–H groups in total. The molecule has 0 aliphatic carbocycles. The van der Waals surface area contributed by atoms with Crippen molar-refractivity contribution in [1.82, 2.24) is 4.98 Å². The summed E-state index contributed by atoms with van der Waals surface area (Å²) in [5.41, 5.74) is -0.478. The van der Waals surface area contributed by atoms with E-state index >= 15 is 0 Å². The van der Waals surface area contributed by atoms with Crippen molar-refractivity contribution in [3.05, 3.63) is 21.0 Å². The van der Waals surface area contributed by atoms with Gasteiger partial charge in [0.2, 0.25) is 0 Å². The van der Waals surface area contributed by atoms with Crippen molar-refractivity contribution in [1.29, 1.82) is 0 Å². The number of alkyl halides is 2. The van der Waals surface area contributed by atoms with Crippen LogP contribution in [-0.2, 0) is 9.05 Å². The number of aromatic nitrogens is 1. The zero-order valence-corrected chi connectivity index (χ0v) is 11.1. The Morgan fingerprint density at radius 2 is 2.07 bits per heavy atom. The van der Waals surface area contributed by atoms with Gasteiger partial charge >= 0.3 is 0 Å². The molecule has 0 saturated heterocycles. The van der Waals surface area contributed by atoms with E-state index in [9.17, 15) is 17.2 Å². The fraction of sp³-hybridized carbons (Fsp3) is 0.286. The van der Waals surface area contributed by atoms with Crippen molar-refractivity contribution < 1.29 is 17.2 Å². The van der Waals surface area contributed by atoms with E-state index in [-0.39, 0.29) is 14.2 Å². The molecule has 8 heteroatoms. The molecule has 0 aliphatic heterocycles. The van der Waals surface area contributed by atoms with Crippen LogP contribution in [0.4, 0.5) is 8.78 Å². The van der Waals surface area contributed by atoms with Gasteiger partial charge in [0.05, 0.1) is 0 Å². The average molecular weight is 368 g/mol. The first-order valence-corrected chi connectivity index (χ1v) is 7.01. The lowest BCUT2D eigenvalue weighted by molar-refractivity contribution is 0.149. The number of hydrogen-bond donors (Lipinski definition) is 0. The van der Waals surface area contributed by atoms with Gasteiger partial charge in [-0.1, -0.05) is 0 Å². The molecular formula is C7H5ClF2INO2S. The Balaban J connectivity index is 3.59. The van der Waals surface area contributed by atoms with Gasteiger partial charge in [-0.2, -0.15) is 0 Å². The van der Waals surface area contributed by atoms with Crippen LogP contribution in [0.3, 0.4) is 0 Å². The Labute approximate surface area is 103 Å². The fourth-order valence-electron chi connectivity index (χ4n) is 1.07. The van der Waals surface area contributed by atoms with Crippen LogP contribution in [0, 0.1) is 10.6 Å². The second-order valence-corrected chi connectivity index (χ2v) is 6.22. The van der Waals surface area contributed by atoms with Gasteiger partial charge in [-0.3, -0.25) is 0 Å². The first-order valence-electron chi connectivity index (χ1n) is 3.63. The predicted octanol–water partition coefficient (Wildman–Crippen LogP) is 2.86. The Morgan fingerprint density at radius 3 is 2.47 bits per heavy atom. The van der Waals surface area contributed by atoms with Gasteiger partial charge < -0.3 is 0 Å². The van der Waals surface area contributed by atoms with E-state index in [0.717, 1.165) is 6.20 Å². The third-order valence-electron chi connectivity index (χ3n) is 1.76. The molecule has 1 rings (SSSR count). The normalized spacial score (nSPS) is 12.1. The van der Waals surface area contributed by atoms with Crippen LogP contribution >= 0.6 is 33.3 Å². The zero-order chi connectivity index (χ0) is 11.8. The number of rotatable bonds is 2. The number of pyridine rings is 1. The van der Waals surface area contributed by atoms with Gasteiger partial charge in [-0.15, -0.1) is 0 Å². The molecule has 0 atom stereocenters. The summed E-state index contributed by atoms with van der Waals surface area (Å²) in [7, 11) is 1.08. The number of hydrogen-bond acceptors (Lipinski definition) is 3. The van der Waals surface area contributed by atoms with Crippen LogP contribution < -0.4 is 0 Å². The molecule has 1 heterocycles. The Hall–Kier alpha value is -0.0200. The van der Waals surface area contributed by atoms with Crippen LogP contribution in [-0.4, -0.2) is 13.4 Å². The molecule has 3 nitrogen and oxygen atoms in total. The molecule has 0 aliphatic rings. The molecule has 0 fully saturated rings. The van der Waals surface area contributed by atoms with Gasteiger partial charge in [0.15, 0.2) is 0 Å². The first kappa shape index (κ1) is 13.0. The molecule has 1 aromatic rings. The summed E-state index contributed by atoms with van der Waals surface area (Å²) >= 11 is 1.63. The van der Waals surface area contributed by atoms with Gasteiger partial charge in [0, 0.05) is 22.4 Å². The fourth-order valence-corrected chi connectivity index (χ4v) is 4.18. The van der Waals surface area contributed by atoms with Crippen LogP contribution in [0.15, 0.2) is 11.1 Å². The van der Waals surface area contributed by atoms with Gasteiger partial charge in [-0.25, -0.2) is 22.2 Å². The lowest BCUT2D eigenvalue weighted by Crippen LogP contribution is -2.04. The second kappa shape index (κ2) is 4.46. The molecule has 0 bridgehead atoms. The number of nitrogens with zero attached hydrogens (tertiary/aromatic N) is 1. The van der Waals surface area contributed by atoms with Crippen molar-refractivity contribution in [2.75, 3.05) is 0 Å². The summed E-state index contributed by atoms with van der Waals surface area (Å²) in [6.45, 7) is 1.28. The van der Waals surface area contributed by atoms with E-state index < -0.39 is 21.0 Å². The summed E-state index contributed by atoms with van der Waals surface area (Å²) in [6.07, 6.45) is -1.82. The monoisotopic (exact) mass is 367 g/mol. The lowest BCUT2D eigenvalue weighted by atomic mass is 10.2. The van der Waals surface area contributed by atoms with Gasteiger partial charge in [-0.05, 0) is 35.1 Å². The van der Waals surface area contributed by atoms with Gasteiger partial charge in [0.1, 0.15) is 8.60 Å². The summed E-state index contributed by atoms with van der Waals surface area (Å²) < 4.78 is 47.2. The van der Waals surface area contributed by atoms with Crippen LogP contribution in [0.25, 0.3) is 0 Å². The summed E-state index contributed by atoms with van der Waals surface area (Å²) in [5, 5.41) is 0. The topological polar surface area (TPSA) is 47.0 Å². The largest absolute Gasteiger partial charge is 0.265 e. The van der Waals surface area contributed by atoms with E-state index in [2.05, 4.69) is 4.98 Å². The molecule has 84 valence electrons. The molecule has 0 amide bonds. The van der Waals surface area contributed by atoms with E-state index in [0.29, 0.717) is 0 Å². The highest BCUT2D eigenvalue weighted by Gasteiger charge is 2.23. The lowest BCUT2D eigenvalue weighted by Gasteiger charge is -2.09. The summed E-state index contributed by atoms with van der Waals surface area (Å²) in [6, 6.07) is 0. The molecule has 0 unspecified atom stereocenters. The smallest absolute Gasteiger partial charge is 0.248 e. The number of halogens is 4. The summed E-state index contributed by atoms with van der Waals surface area (Å²) in [4.78, 5) is 3.23. The Bertz CT molecular complexity index is 492. The van der Waals surface area contributed by atoms with Crippen molar-refractivity contribution in [2.24, 2.45) is 0 Å². The Kier molecular flexibility index (Phi) is 3.88.